The highest BCUT2D eigenvalue weighted by atomic mass is 32.2. The summed E-state index contributed by atoms with van der Waals surface area (Å²) in [7, 11) is 0. The van der Waals surface area contributed by atoms with Crippen LogP contribution in [0.15, 0.2) is 24.3 Å². The van der Waals surface area contributed by atoms with Crippen LogP contribution >= 0.6 is 11.8 Å². The Kier molecular flexibility index (Phi) is 3.71. The van der Waals surface area contributed by atoms with E-state index in [1.807, 2.05) is 28.8 Å². The minimum absolute atomic E-state index is 0.137. The summed E-state index contributed by atoms with van der Waals surface area (Å²) in [6, 6.07) is 8.06. The molecule has 1 unspecified atom stereocenters. The van der Waals surface area contributed by atoms with Gasteiger partial charge in [0.1, 0.15) is 0 Å². The second kappa shape index (κ2) is 4.96. The molecule has 1 saturated heterocycles. The van der Waals surface area contributed by atoms with E-state index in [1.165, 1.54) is 5.56 Å². The molecule has 0 aliphatic carbocycles. The first kappa shape index (κ1) is 13.5. The van der Waals surface area contributed by atoms with Crippen LogP contribution < -0.4 is 0 Å². The molecule has 1 fully saturated rings. The summed E-state index contributed by atoms with van der Waals surface area (Å²) in [6.45, 7) is 9.51. The number of hydrogen-bond donors (Lipinski definition) is 0. The molecule has 0 aromatic heterocycles. The molecule has 3 heteroatoms. The summed E-state index contributed by atoms with van der Waals surface area (Å²) >= 11 is 1.84. The summed E-state index contributed by atoms with van der Waals surface area (Å²) in [6.07, 6.45) is 0. The van der Waals surface area contributed by atoms with Crippen LogP contribution in [0.1, 0.15) is 43.6 Å². The molecule has 1 heterocycles. The van der Waals surface area contributed by atoms with Crippen LogP contribution in [0.25, 0.3) is 0 Å². The number of rotatable bonds is 1. The maximum Gasteiger partial charge on any atom is 0.254 e. The highest BCUT2D eigenvalue weighted by Crippen LogP contribution is 2.26. The van der Waals surface area contributed by atoms with Gasteiger partial charge in [-0.3, -0.25) is 4.79 Å². The number of thioether (sulfide) groups is 1. The Balaban J connectivity index is 2.17. The minimum Gasteiger partial charge on any atom is -0.326 e. The zero-order valence-electron chi connectivity index (χ0n) is 11.6. The van der Waals surface area contributed by atoms with Gasteiger partial charge in [-0.2, -0.15) is 0 Å². The average molecular weight is 263 g/mol. The molecule has 18 heavy (non-hydrogen) atoms. The van der Waals surface area contributed by atoms with E-state index in [-0.39, 0.29) is 11.3 Å². The van der Waals surface area contributed by atoms with Crippen LogP contribution in [0.3, 0.4) is 0 Å². The summed E-state index contributed by atoms with van der Waals surface area (Å²) in [5, 5.41) is 0.305. The van der Waals surface area contributed by atoms with Crippen molar-refractivity contribution < 1.29 is 4.79 Å². The second-order valence-corrected chi connectivity index (χ2v) is 7.22. The number of carbonyl (C=O) groups is 1. The Morgan fingerprint density at radius 1 is 1.28 bits per heavy atom. The highest BCUT2D eigenvalue weighted by molar-refractivity contribution is 8.00. The number of nitrogens with zero attached hydrogens (tertiary/aromatic N) is 1. The lowest BCUT2D eigenvalue weighted by Gasteiger charge is -2.22. The minimum atomic E-state index is 0.137. The molecule has 1 aromatic carbocycles. The van der Waals surface area contributed by atoms with Crippen molar-refractivity contribution in [2.75, 3.05) is 12.3 Å². The molecule has 0 bridgehead atoms. The standard InChI is InChI=1S/C15H21NOS/c1-11-16(9-10-18-11)14(17)12-5-7-13(8-6-12)15(2,3)4/h5-8,11H,9-10H2,1-4H3. The maximum absolute atomic E-state index is 12.3. The third kappa shape index (κ3) is 2.72. The van der Waals surface area contributed by atoms with Crippen molar-refractivity contribution >= 4 is 17.7 Å². The van der Waals surface area contributed by atoms with Gasteiger partial charge in [-0.25, -0.2) is 0 Å². The van der Waals surface area contributed by atoms with Crippen LogP contribution in [-0.4, -0.2) is 28.5 Å². The molecule has 2 nitrogen and oxygen atoms in total. The van der Waals surface area contributed by atoms with Gasteiger partial charge in [0.05, 0.1) is 5.37 Å². The Morgan fingerprint density at radius 2 is 1.89 bits per heavy atom. The zero-order chi connectivity index (χ0) is 13.3. The Labute approximate surface area is 114 Å². The molecular weight excluding hydrogens is 242 g/mol. The maximum atomic E-state index is 12.3. The molecule has 98 valence electrons. The van der Waals surface area contributed by atoms with Crippen molar-refractivity contribution in [2.24, 2.45) is 0 Å². The van der Waals surface area contributed by atoms with Gasteiger partial charge >= 0.3 is 0 Å². The average Bonchev–Trinajstić information content (AvgIpc) is 2.73. The van der Waals surface area contributed by atoms with Crippen molar-refractivity contribution in [3.8, 4) is 0 Å². The molecule has 0 N–H and O–H groups in total. The normalized spacial score (nSPS) is 20.2. The third-order valence-corrected chi connectivity index (χ3v) is 4.54. The van der Waals surface area contributed by atoms with E-state index in [2.05, 4.69) is 39.8 Å². The van der Waals surface area contributed by atoms with Crippen LogP contribution in [0.4, 0.5) is 0 Å². The first-order valence-electron chi connectivity index (χ1n) is 6.43. The van der Waals surface area contributed by atoms with E-state index in [4.69, 9.17) is 0 Å². The van der Waals surface area contributed by atoms with Crippen LogP contribution in [0.5, 0.6) is 0 Å². The number of amides is 1. The lowest BCUT2D eigenvalue weighted by atomic mass is 9.86. The fourth-order valence-corrected chi connectivity index (χ4v) is 3.16. The van der Waals surface area contributed by atoms with Gasteiger partial charge in [0.2, 0.25) is 0 Å². The predicted octanol–water partition coefficient (Wildman–Crippen LogP) is 3.52. The smallest absolute Gasteiger partial charge is 0.254 e. The largest absolute Gasteiger partial charge is 0.326 e. The van der Waals surface area contributed by atoms with Crippen LogP contribution in [-0.2, 0) is 5.41 Å². The summed E-state index contributed by atoms with van der Waals surface area (Å²) in [5.41, 5.74) is 2.21. The number of hydrogen-bond acceptors (Lipinski definition) is 2. The highest BCUT2D eigenvalue weighted by Gasteiger charge is 2.26. The molecule has 0 radical (unpaired) electrons. The monoisotopic (exact) mass is 263 g/mol. The zero-order valence-corrected chi connectivity index (χ0v) is 12.4. The van der Waals surface area contributed by atoms with E-state index in [0.717, 1.165) is 17.9 Å². The van der Waals surface area contributed by atoms with Crippen molar-refractivity contribution in [1.82, 2.24) is 4.90 Å². The fraction of sp³-hybridized carbons (Fsp3) is 0.533. The first-order valence-corrected chi connectivity index (χ1v) is 7.47. The van der Waals surface area contributed by atoms with Gasteiger partial charge in [0.25, 0.3) is 5.91 Å². The predicted molar refractivity (Wildman–Crippen MR) is 78.1 cm³/mol. The van der Waals surface area contributed by atoms with E-state index >= 15 is 0 Å². The Hall–Kier alpha value is -0.960. The third-order valence-electron chi connectivity index (χ3n) is 3.39. The Bertz CT molecular complexity index is 433. The van der Waals surface area contributed by atoms with E-state index < -0.39 is 0 Å². The van der Waals surface area contributed by atoms with Gasteiger partial charge < -0.3 is 4.90 Å². The summed E-state index contributed by atoms with van der Waals surface area (Å²) < 4.78 is 0. The van der Waals surface area contributed by atoms with Crippen LogP contribution in [0, 0.1) is 0 Å². The SMILES string of the molecule is CC1SCCN1C(=O)c1ccc(C(C)(C)C)cc1. The summed E-state index contributed by atoms with van der Waals surface area (Å²) in [4.78, 5) is 14.3. The van der Waals surface area contributed by atoms with Crippen molar-refractivity contribution in [1.29, 1.82) is 0 Å². The van der Waals surface area contributed by atoms with E-state index in [0.29, 0.717) is 5.37 Å². The first-order chi connectivity index (χ1) is 8.39. The molecule has 1 aromatic rings. The lowest BCUT2D eigenvalue weighted by molar-refractivity contribution is 0.0768. The summed E-state index contributed by atoms with van der Waals surface area (Å²) in [5.74, 6) is 1.21. The molecule has 2 rings (SSSR count). The topological polar surface area (TPSA) is 20.3 Å². The molecule has 1 amide bonds. The lowest BCUT2D eigenvalue weighted by Crippen LogP contribution is -2.33. The molecule has 1 aliphatic heterocycles. The van der Waals surface area contributed by atoms with Crippen molar-refractivity contribution in [2.45, 2.75) is 38.5 Å². The van der Waals surface area contributed by atoms with Crippen molar-refractivity contribution in [3.05, 3.63) is 35.4 Å². The quantitative estimate of drug-likeness (QED) is 0.772. The number of benzene rings is 1. The molecule has 0 spiro atoms. The van der Waals surface area contributed by atoms with E-state index in [1.54, 1.807) is 0 Å². The van der Waals surface area contributed by atoms with Crippen molar-refractivity contribution in [3.63, 3.8) is 0 Å². The molecule has 1 atom stereocenters. The molecule has 0 saturated carbocycles. The molecular formula is C15H21NOS. The Morgan fingerprint density at radius 3 is 2.33 bits per heavy atom. The van der Waals surface area contributed by atoms with Crippen LogP contribution in [0.2, 0.25) is 0 Å². The van der Waals surface area contributed by atoms with E-state index in [9.17, 15) is 4.79 Å². The molecule has 1 aliphatic rings. The van der Waals surface area contributed by atoms with Gasteiger partial charge in [-0.05, 0) is 30.0 Å². The van der Waals surface area contributed by atoms with Gasteiger partial charge in [-0.15, -0.1) is 11.8 Å². The number of carbonyl (C=O) groups excluding carboxylic acids is 1. The van der Waals surface area contributed by atoms with Gasteiger partial charge in [-0.1, -0.05) is 32.9 Å². The van der Waals surface area contributed by atoms with Gasteiger partial charge in [0.15, 0.2) is 0 Å². The second-order valence-electron chi connectivity index (χ2n) is 5.80. The van der Waals surface area contributed by atoms with Gasteiger partial charge in [0, 0.05) is 17.9 Å². The fourth-order valence-electron chi connectivity index (χ4n) is 2.14.